The fourth-order valence-corrected chi connectivity index (χ4v) is 17.0. The smallest absolute Gasteiger partial charge is 0.246 e. The number of hydrogen-bond donors (Lipinski definition) is 8. The predicted octanol–water partition coefficient (Wildman–Crippen LogP) is 6.55. The van der Waals surface area contributed by atoms with E-state index in [0.717, 1.165) is 139 Å². The van der Waals surface area contributed by atoms with Crippen LogP contribution in [0.3, 0.4) is 0 Å². The lowest BCUT2D eigenvalue weighted by molar-refractivity contribution is -0.143. The van der Waals surface area contributed by atoms with Gasteiger partial charge in [0.1, 0.15) is 48.3 Å². The molecule has 25 heteroatoms. The average molecular weight is 1410 g/mol. The van der Waals surface area contributed by atoms with Gasteiger partial charge < -0.3 is 66.9 Å². The van der Waals surface area contributed by atoms with E-state index in [2.05, 4.69) is 87.1 Å². The summed E-state index contributed by atoms with van der Waals surface area (Å²) in [6, 6.07) is 17.7. The number of aromatic nitrogens is 2. The lowest BCUT2D eigenvalue weighted by Crippen LogP contribution is -2.66. The van der Waals surface area contributed by atoms with Crippen molar-refractivity contribution in [3.05, 3.63) is 113 Å². The third-order valence-electron chi connectivity index (χ3n) is 23.2. The second-order valence-electron chi connectivity index (χ2n) is 31.2. The molecule has 8 N–H and O–H groups in total. The minimum absolute atomic E-state index is 0.00172. The number of nitrogens with one attached hydrogen (secondary N) is 8. The number of fused-ring (bicyclic) bond motifs is 2. The Kier molecular flexibility index (Phi) is 24.4. The fourth-order valence-electron chi connectivity index (χ4n) is 17.0. The van der Waals surface area contributed by atoms with Gasteiger partial charge in [-0.25, -0.2) is 18.7 Å². The number of amides is 7. The molecule has 2 saturated carbocycles. The van der Waals surface area contributed by atoms with Crippen LogP contribution in [-0.2, 0) is 64.4 Å². The highest BCUT2D eigenvalue weighted by Gasteiger charge is 2.47. The van der Waals surface area contributed by atoms with Crippen molar-refractivity contribution in [1.82, 2.24) is 61.9 Å². The molecule has 0 bridgehead atoms. The van der Waals surface area contributed by atoms with Crippen LogP contribution in [0.2, 0.25) is 0 Å². The summed E-state index contributed by atoms with van der Waals surface area (Å²) in [4.78, 5) is 114. The SMILES string of the molecule is CN[C@@H](C)C(=O)N[C@H](C(=O)N1C[C@@H](NC(=O)CCC(=O)NCCCN2C[C@H]3C[C@@H](OCC(=O)NCc4cccc(CNc5cc(N6CCC7(CC6)CN(c6cc(F)c(CN8CCC(C)(C)CC8)cc6F)CC(=O)N7)ncn5)c4)C[C@H]3C2)C[C@H]1C(=O)N[C@H]1CCCc2ccccc21)C1CCCCC1. The number of piperazine rings is 1. The number of piperidine rings is 2. The summed E-state index contributed by atoms with van der Waals surface area (Å²) in [5.41, 5.74) is 4.35. The number of carbonyl (C=O) groups is 7. The molecule has 23 nitrogen and oxygen atoms in total. The Hall–Kier alpha value is -7.87. The summed E-state index contributed by atoms with van der Waals surface area (Å²) in [5.74, 6) is -0.492. The van der Waals surface area contributed by atoms with E-state index in [4.69, 9.17) is 4.74 Å². The van der Waals surface area contributed by atoms with E-state index < -0.39 is 41.3 Å². The van der Waals surface area contributed by atoms with Gasteiger partial charge in [-0.3, -0.25) is 38.5 Å². The molecule has 102 heavy (non-hydrogen) atoms. The Labute approximate surface area is 599 Å². The lowest BCUT2D eigenvalue weighted by Gasteiger charge is -2.48. The molecule has 5 aliphatic heterocycles. The summed E-state index contributed by atoms with van der Waals surface area (Å²) in [7, 11) is 1.70. The van der Waals surface area contributed by atoms with Crippen LogP contribution in [0.25, 0.3) is 0 Å². The molecular formula is C77H107F2N15O8. The number of aryl methyl sites for hydroxylation is 1. The van der Waals surface area contributed by atoms with Crippen molar-refractivity contribution >= 4 is 58.7 Å². The van der Waals surface area contributed by atoms with Crippen molar-refractivity contribution in [3.8, 4) is 0 Å². The molecule has 3 aromatic carbocycles. The Morgan fingerprint density at radius 1 is 0.745 bits per heavy atom. The van der Waals surface area contributed by atoms with Crippen molar-refractivity contribution < 1.29 is 47.1 Å². The Balaban J connectivity index is 0.524. The molecule has 3 aliphatic carbocycles. The number of hydrogen-bond acceptors (Lipinski definition) is 16. The quantitative estimate of drug-likeness (QED) is 0.0294. The number of carbonyl (C=O) groups excluding carboxylic acids is 7. The standard InChI is InChI=1S/C77H107F2N15O8/c1-50(80-4)73(99)88-72(54-16-6-5-7-17-54)75(101)94-45-58(37-65(94)74(100)87-63-20-11-18-53-15-8-9-19-60(53)63)86-69(96)22-21-68(95)81-27-12-28-91-42-55-34-59(35-56(55)43-91)102-47-71(98)83-41-52-14-10-13-51(33-52)40-82-66-39-67(85-49-84-66)92-31-25-77(26-32-92)48-93(46-70(97)89-77)64-38-61(78)57(36-62(64)79)44-90-29-23-76(2,3)24-30-90/h8-10,13-15,19,33,36,38-39,49-50,54-56,58-59,63,65,72,80H,5-7,11-12,16-18,20-32,34-35,37,40-48H2,1-4H3,(H,81,95)(H,83,98)(H,86,96)(H,87,100)(H,88,99)(H,89,97)(H,82,84,85)/t50-,55-,56+,58-,59-,63-,65-,72-/m0/s1. The van der Waals surface area contributed by atoms with Crippen LogP contribution in [0.1, 0.15) is 164 Å². The van der Waals surface area contributed by atoms with Crippen molar-refractivity contribution in [2.75, 3.05) is 101 Å². The molecule has 1 spiro atoms. The van der Waals surface area contributed by atoms with Crippen LogP contribution in [-0.4, -0.2) is 187 Å². The van der Waals surface area contributed by atoms with Gasteiger partial charge in [-0.15, -0.1) is 0 Å². The van der Waals surface area contributed by atoms with Crippen molar-refractivity contribution in [2.45, 2.75) is 198 Å². The van der Waals surface area contributed by atoms with E-state index in [-0.39, 0.29) is 109 Å². The molecule has 5 saturated heterocycles. The molecule has 0 radical (unpaired) electrons. The van der Waals surface area contributed by atoms with Crippen LogP contribution in [0, 0.1) is 34.8 Å². The van der Waals surface area contributed by atoms with E-state index in [1.54, 1.807) is 23.8 Å². The molecule has 6 heterocycles. The third-order valence-corrected chi connectivity index (χ3v) is 23.2. The molecule has 7 amide bonds. The largest absolute Gasteiger partial charge is 0.368 e. The first-order valence-corrected chi connectivity index (χ1v) is 37.7. The highest BCUT2D eigenvalue weighted by molar-refractivity contribution is 5.94. The second-order valence-corrected chi connectivity index (χ2v) is 31.2. The first-order chi connectivity index (χ1) is 49.2. The van der Waals surface area contributed by atoms with E-state index >= 15 is 8.78 Å². The van der Waals surface area contributed by atoms with Gasteiger partial charge in [0.2, 0.25) is 41.4 Å². The number of benzene rings is 3. The molecule has 4 aromatic rings. The van der Waals surface area contributed by atoms with Gasteiger partial charge in [-0.05, 0) is 169 Å². The van der Waals surface area contributed by atoms with Gasteiger partial charge in [0.15, 0.2) is 0 Å². The number of halogens is 2. The highest BCUT2D eigenvalue weighted by atomic mass is 19.1. The Bertz CT molecular complexity index is 3600. The molecule has 0 unspecified atom stereocenters. The zero-order valence-electron chi connectivity index (χ0n) is 60.1. The summed E-state index contributed by atoms with van der Waals surface area (Å²) >= 11 is 0. The molecule has 552 valence electrons. The molecule has 12 rings (SSSR count). The van der Waals surface area contributed by atoms with E-state index in [1.165, 1.54) is 24.0 Å². The topological polar surface area (TPSA) is 267 Å². The molecule has 7 fully saturated rings. The molecule has 8 aliphatic rings. The van der Waals surface area contributed by atoms with Gasteiger partial charge in [-0.2, -0.15) is 0 Å². The van der Waals surface area contributed by atoms with Gasteiger partial charge in [0.25, 0.3) is 0 Å². The van der Waals surface area contributed by atoms with Gasteiger partial charge >= 0.3 is 0 Å². The van der Waals surface area contributed by atoms with E-state index in [1.807, 2.05) is 48.5 Å². The number of rotatable bonds is 27. The van der Waals surface area contributed by atoms with E-state index in [0.29, 0.717) is 81.9 Å². The first kappa shape index (κ1) is 73.9. The minimum Gasteiger partial charge on any atom is -0.368 e. The molecule has 8 atom stereocenters. The highest BCUT2D eigenvalue weighted by Crippen LogP contribution is 2.41. The maximum Gasteiger partial charge on any atom is 0.246 e. The Morgan fingerprint density at radius 3 is 2.25 bits per heavy atom. The number of nitrogens with zero attached hydrogens (tertiary/aromatic N) is 7. The number of likely N-dealkylation sites (tertiary alicyclic amines) is 3. The maximum atomic E-state index is 15.8. The van der Waals surface area contributed by atoms with Gasteiger partial charge in [0.05, 0.1) is 36.0 Å². The summed E-state index contributed by atoms with van der Waals surface area (Å²) in [5, 5.41) is 25.0. The minimum atomic E-state index is -0.857. The van der Waals surface area contributed by atoms with Crippen molar-refractivity contribution in [2.24, 2.45) is 23.2 Å². The Morgan fingerprint density at radius 2 is 1.49 bits per heavy atom. The summed E-state index contributed by atoms with van der Waals surface area (Å²) in [6.07, 6.45) is 14.7. The number of likely N-dealkylation sites (N-methyl/N-ethyl adjacent to an activating group) is 1. The molecular weight excluding hydrogens is 1300 g/mol. The zero-order chi connectivity index (χ0) is 71.5. The van der Waals surface area contributed by atoms with Crippen LogP contribution in [0.4, 0.5) is 26.1 Å². The third kappa shape index (κ3) is 19.1. The monoisotopic (exact) mass is 1410 g/mol. The second kappa shape index (κ2) is 33.7. The van der Waals surface area contributed by atoms with Gasteiger partial charge in [-0.1, -0.05) is 81.6 Å². The summed E-state index contributed by atoms with van der Waals surface area (Å²) in [6.45, 7) is 13.9. The van der Waals surface area contributed by atoms with Crippen LogP contribution in [0.5, 0.6) is 0 Å². The normalized spacial score (nSPS) is 24.1. The van der Waals surface area contributed by atoms with Crippen LogP contribution in [0.15, 0.2) is 73.1 Å². The number of anilines is 3. The zero-order valence-corrected chi connectivity index (χ0v) is 60.1. The maximum absolute atomic E-state index is 15.8. The van der Waals surface area contributed by atoms with Gasteiger partial charge in [0, 0.05) is 102 Å². The van der Waals surface area contributed by atoms with Crippen LogP contribution >= 0.6 is 0 Å². The number of ether oxygens (including phenoxy) is 1. The van der Waals surface area contributed by atoms with Crippen molar-refractivity contribution in [3.63, 3.8) is 0 Å². The average Bonchev–Trinajstić information content (AvgIpc) is 0.881. The molecule has 1 aromatic heterocycles. The van der Waals surface area contributed by atoms with Crippen LogP contribution < -0.4 is 52.3 Å². The fraction of sp³-hybridized carbons (Fsp3) is 0.623. The van der Waals surface area contributed by atoms with Crippen molar-refractivity contribution in [1.29, 1.82) is 0 Å². The summed E-state index contributed by atoms with van der Waals surface area (Å²) < 4.78 is 37.6. The first-order valence-electron chi connectivity index (χ1n) is 37.7. The predicted molar refractivity (Wildman–Crippen MR) is 385 cm³/mol. The lowest BCUT2D eigenvalue weighted by atomic mass is 9.82. The van der Waals surface area contributed by atoms with E-state index in [9.17, 15) is 33.6 Å².